The highest BCUT2D eigenvalue weighted by atomic mass is 19.4. The maximum absolute atomic E-state index is 13.0. The van der Waals surface area contributed by atoms with Crippen molar-refractivity contribution in [3.05, 3.63) is 90.1 Å². The number of morpholine rings is 1. The Morgan fingerprint density at radius 2 is 1.73 bits per heavy atom. The van der Waals surface area contributed by atoms with Gasteiger partial charge in [-0.05, 0) is 41.5 Å². The quantitative estimate of drug-likeness (QED) is 0.311. The van der Waals surface area contributed by atoms with Crippen molar-refractivity contribution in [3.63, 3.8) is 0 Å². The van der Waals surface area contributed by atoms with Crippen molar-refractivity contribution >= 4 is 22.8 Å². The number of halogens is 3. The molecule has 0 spiro atoms. The van der Waals surface area contributed by atoms with E-state index in [1.165, 1.54) is 12.1 Å². The van der Waals surface area contributed by atoms with Gasteiger partial charge >= 0.3 is 6.18 Å². The van der Waals surface area contributed by atoms with Crippen LogP contribution in [-0.4, -0.2) is 55.8 Å². The Morgan fingerprint density at radius 1 is 0.900 bits per heavy atom. The number of nitrogens with one attached hydrogen (secondary N) is 1. The van der Waals surface area contributed by atoms with Gasteiger partial charge in [-0.15, -0.1) is 0 Å². The Hall–Kier alpha value is -4.58. The molecule has 5 aromatic rings. The second-order valence-corrected chi connectivity index (χ2v) is 9.35. The number of nitrogens with zero attached hydrogens (tertiary/aromatic N) is 7. The Morgan fingerprint density at radius 3 is 2.42 bits per heavy atom. The van der Waals surface area contributed by atoms with E-state index in [-0.39, 0.29) is 0 Å². The largest absolute Gasteiger partial charge is 0.416 e. The summed E-state index contributed by atoms with van der Waals surface area (Å²) in [5, 5.41) is 3.34. The van der Waals surface area contributed by atoms with E-state index in [1.807, 2.05) is 24.3 Å². The minimum absolute atomic E-state index is 0.293. The van der Waals surface area contributed by atoms with E-state index in [2.05, 4.69) is 25.2 Å². The normalized spacial score (nSPS) is 14.0. The van der Waals surface area contributed by atoms with Crippen LogP contribution < -0.4 is 10.2 Å². The van der Waals surface area contributed by atoms with Gasteiger partial charge in [0.15, 0.2) is 17.3 Å². The third-order valence-electron chi connectivity index (χ3n) is 6.62. The molecule has 0 unspecified atom stereocenters. The molecule has 0 amide bonds. The first-order valence-electron chi connectivity index (χ1n) is 12.7. The van der Waals surface area contributed by atoms with Gasteiger partial charge in [-0.25, -0.2) is 19.9 Å². The number of ether oxygens (including phenoxy) is 1. The zero-order chi connectivity index (χ0) is 27.5. The second-order valence-electron chi connectivity index (χ2n) is 9.35. The molecule has 12 heteroatoms. The summed E-state index contributed by atoms with van der Waals surface area (Å²) in [6, 6.07) is 12.8. The van der Waals surface area contributed by atoms with E-state index in [0.29, 0.717) is 54.7 Å². The summed E-state index contributed by atoms with van der Waals surface area (Å²) in [4.78, 5) is 25.1. The first kappa shape index (κ1) is 25.7. The van der Waals surface area contributed by atoms with Crippen molar-refractivity contribution in [2.45, 2.75) is 19.3 Å². The number of aromatic nitrogens is 6. The summed E-state index contributed by atoms with van der Waals surface area (Å²) in [6.45, 7) is 3.65. The number of alkyl halides is 3. The average molecular weight is 547 g/mol. The fraction of sp³-hybridized carbons (Fsp3) is 0.250. The molecule has 5 heterocycles. The molecule has 1 N–H and O–H groups in total. The van der Waals surface area contributed by atoms with Crippen molar-refractivity contribution in [1.29, 1.82) is 0 Å². The monoisotopic (exact) mass is 546 g/mol. The molecule has 1 fully saturated rings. The van der Waals surface area contributed by atoms with Gasteiger partial charge in [0.05, 0.1) is 31.6 Å². The number of imidazole rings is 1. The fourth-order valence-corrected chi connectivity index (χ4v) is 4.49. The number of hydrogen-bond donors (Lipinski definition) is 1. The molecule has 0 radical (unpaired) electrons. The maximum Gasteiger partial charge on any atom is 0.416 e. The lowest BCUT2D eigenvalue weighted by Crippen LogP contribution is -2.36. The molecule has 9 nitrogen and oxygen atoms in total. The van der Waals surface area contributed by atoms with E-state index in [0.717, 1.165) is 42.2 Å². The van der Waals surface area contributed by atoms with Crippen LogP contribution in [0.15, 0.2) is 73.4 Å². The van der Waals surface area contributed by atoms with Crippen LogP contribution >= 0.6 is 0 Å². The van der Waals surface area contributed by atoms with Gasteiger partial charge in [0.25, 0.3) is 0 Å². The molecule has 4 aromatic heterocycles. The van der Waals surface area contributed by atoms with Gasteiger partial charge in [-0.1, -0.05) is 18.2 Å². The van der Waals surface area contributed by atoms with Crippen LogP contribution in [0.25, 0.3) is 22.6 Å². The number of pyridine rings is 2. The van der Waals surface area contributed by atoms with Crippen LogP contribution in [0.5, 0.6) is 0 Å². The molecule has 1 saturated heterocycles. The highest BCUT2D eigenvalue weighted by Crippen LogP contribution is 2.30. The molecule has 0 bridgehead atoms. The summed E-state index contributed by atoms with van der Waals surface area (Å²) in [5.41, 5.74) is 2.80. The predicted octanol–water partition coefficient (Wildman–Crippen LogP) is 4.80. The average Bonchev–Trinajstić information content (AvgIpc) is 3.39. The zero-order valence-electron chi connectivity index (χ0n) is 21.3. The predicted molar refractivity (Wildman–Crippen MR) is 144 cm³/mol. The van der Waals surface area contributed by atoms with Crippen LogP contribution in [0.1, 0.15) is 16.7 Å². The van der Waals surface area contributed by atoms with Crippen LogP contribution in [0, 0.1) is 0 Å². The van der Waals surface area contributed by atoms with Crippen molar-refractivity contribution in [1.82, 2.24) is 29.5 Å². The summed E-state index contributed by atoms with van der Waals surface area (Å²) in [7, 11) is 0. The Labute approximate surface area is 227 Å². The Bertz CT molecular complexity index is 1580. The SMILES string of the molecule is FC(F)(F)c1ccc(Cn2cnc3c(NCc4cccnc4)nc(-c4ccc(N5CCOCC5)nc4)nc32)cc1. The molecule has 40 heavy (non-hydrogen) atoms. The van der Waals surface area contributed by atoms with E-state index < -0.39 is 11.7 Å². The van der Waals surface area contributed by atoms with Gasteiger partial charge in [0, 0.05) is 43.8 Å². The molecular weight excluding hydrogens is 521 g/mol. The van der Waals surface area contributed by atoms with E-state index in [9.17, 15) is 13.2 Å². The fourth-order valence-electron chi connectivity index (χ4n) is 4.49. The lowest BCUT2D eigenvalue weighted by molar-refractivity contribution is -0.137. The number of anilines is 2. The van der Waals surface area contributed by atoms with Gasteiger partial charge < -0.3 is 19.5 Å². The van der Waals surface area contributed by atoms with Gasteiger partial charge in [-0.3, -0.25) is 4.98 Å². The standard InChI is InChI=1S/C28H25F3N8O/c29-28(30,31)22-6-3-19(4-7-22)17-39-18-35-24-26(34-15-20-2-1-9-32-14-20)36-25(37-27(24)39)21-5-8-23(33-16-21)38-10-12-40-13-11-38/h1-9,14,16,18H,10-13,15,17H2,(H,34,36,37). The third kappa shape index (κ3) is 5.57. The summed E-state index contributed by atoms with van der Waals surface area (Å²) < 4.78 is 46.3. The van der Waals surface area contributed by atoms with Gasteiger partial charge in [-0.2, -0.15) is 13.2 Å². The highest BCUT2D eigenvalue weighted by molar-refractivity contribution is 5.85. The number of hydrogen-bond acceptors (Lipinski definition) is 8. The number of benzene rings is 1. The van der Waals surface area contributed by atoms with E-state index in [1.54, 1.807) is 29.5 Å². The molecule has 0 saturated carbocycles. The smallest absolute Gasteiger partial charge is 0.378 e. The zero-order valence-corrected chi connectivity index (χ0v) is 21.3. The van der Waals surface area contributed by atoms with Crippen molar-refractivity contribution in [2.24, 2.45) is 0 Å². The molecule has 1 aliphatic rings. The third-order valence-corrected chi connectivity index (χ3v) is 6.62. The molecule has 1 aromatic carbocycles. The Kier molecular flexibility index (Phi) is 6.99. The second kappa shape index (κ2) is 10.9. The first-order chi connectivity index (χ1) is 19.4. The molecule has 1 aliphatic heterocycles. The first-order valence-corrected chi connectivity index (χ1v) is 12.7. The topological polar surface area (TPSA) is 93.9 Å². The van der Waals surface area contributed by atoms with Gasteiger partial charge in [0.2, 0.25) is 0 Å². The van der Waals surface area contributed by atoms with E-state index >= 15 is 0 Å². The minimum Gasteiger partial charge on any atom is -0.378 e. The molecule has 6 rings (SSSR count). The van der Waals surface area contributed by atoms with Crippen molar-refractivity contribution in [2.75, 3.05) is 36.5 Å². The summed E-state index contributed by atoms with van der Waals surface area (Å²) in [5.74, 6) is 1.85. The Balaban J connectivity index is 1.34. The maximum atomic E-state index is 13.0. The van der Waals surface area contributed by atoms with Crippen molar-refractivity contribution in [3.8, 4) is 11.4 Å². The van der Waals surface area contributed by atoms with Crippen LogP contribution in [0.4, 0.5) is 24.8 Å². The van der Waals surface area contributed by atoms with Crippen LogP contribution in [0.2, 0.25) is 0 Å². The summed E-state index contributed by atoms with van der Waals surface area (Å²) >= 11 is 0. The number of fused-ring (bicyclic) bond motifs is 1. The molecular formula is C28H25F3N8O. The minimum atomic E-state index is -4.39. The van der Waals surface area contributed by atoms with Crippen molar-refractivity contribution < 1.29 is 17.9 Å². The van der Waals surface area contributed by atoms with E-state index in [4.69, 9.17) is 14.7 Å². The van der Waals surface area contributed by atoms with Gasteiger partial charge in [0.1, 0.15) is 11.3 Å². The molecule has 0 aliphatic carbocycles. The van der Waals surface area contributed by atoms with Crippen LogP contribution in [0.3, 0.4) is 0 Å². The lowest BCUT2D eigenvalue weighted by atomic mass is 10.1. The van der Waals surface area contributed by atoms with Crippen LogP contribution in [-0.2, 0) is 24.0 Å². The summed E-state index contributed by atoms with van der Waals surface area (Å²) in [6.07, 6.45) is 2.45. The highest BCUT2D eigenvalue weighted by Gasteiger charge is 2.30. The molecule has 204 valence electrons. The molecule has 0 atom stereocenters. The number of rotatable bonds is 7. The lowest BCUT2D eigenvalue weighted by Gasteiger charge is -2.27.